The Labute approximate surface area is 117 Å². The molecule has 0 spiro atoms. The first-order valence-corrected chi connectivity index (χ1v) is 6.96. The Balaban J connectivity index is 1.77. The van der Waals surface area contributed by atoms with Crippen molar-refractivity contribution in [3.05, 3.63) is 29.5 Å². The molecule has 0 aromatic carbocycles. The number of nitrogens with zero attached hydrogens (tertiary/aromatic N) is 3. The predicted molar refractivity (Wildman–Crippen MR) is 78.7 cm³/mol. The fourth-order valence-corrected chi connectivity index (χ4v) is 2.60. The molecule has 0 bridgehead atoms. The third kappa shape index (κ3) is 2.96. The number of likely N-dealkylation sites (tertiary alicyclic amines) is 1. The van der Waals surface area contributed by atoms with E-state index in [4.69, 9.17) is 11.6 Å². The highest BCUT2D eigenvalue weighted by molar-refractivity contribution is 6.29. The second-order valence-electron chi connectivity index (χ2n) is 5.12. The van der Waals surface area contributed by atoms with Crippen molar-refractivity contribution in [2.45, 2.75) is 18.9 Å². The number of pyridine rings is 2. The molecule has 3 heterocycles. The molecular weight excluding hydrogens is 260 g/mol. The molecule has 2 aromatic rings. The van der Waals surface area contributed by atoms with E-state index in [1.807, 2.05) is 18.3 Å². The second kappa shape index (κ2) is 5.31. The Bertz CT molecular complexity index is 579. The lowest BCUT2D eigenvalue weighted by molar-refractivity contribution is 0.264. The van der Waals surface area contributed by atoms with Crippen molar-refractivity contribution in [2.24, 2.45) is 0 Å². The number of fused-ring (bicyclic) bond motifs is 1. The van der Waals surface area contributed by atoms with Crippen molar-refractivity contribution in [1.82, 2.24) is 14.9 Å². The second-order valence-corrected chi connectivity index (χ2v) is 5.51. The molecule has 0 atom stereocenters. The smallest absolute Gasteiger partial charge is 0.129 e. The monoisotopic (exact) mass is 276 g/mol. The molecule has 3 rings (SSSR count). The summed E-state index contributed by atoms with van der Waals surface area (Å²) in [6.45, 7) is 2.28. The van der Waals surface area contributed by atoms with Gasteiger partial charge in [0.25, 0.3) is 0 Å². The van der Waals surface area contributed by atoms with Gasteiger partial charge in [0.1, 0.15) is 5.15 Å². The summed E-state index contributed by atoms with van der Waals surface area (Å²) in [5.74, 6) is 0. The van der Waals surface area contributed by atoms with E-state index in [9.17, 15) is 0 Å². The van der Waals surface area contributed by atoms with Crippen molar-refractivity contribution in [3.63, 3.8) is 0 Å². The Morgan fingerprint density at radius 3 is 2.84 bits per heavy atom. The lowest BCUT2D eigenvalue weighted by Gasteiger charge is -2.30. The fraction of sp³-hybridized carbons (Fsp3) is 0.429. The lowest BCUT2D eigenvalue weighted by Crippen LogP contribution is -2.36. The van der Waals surface area contributed by atoms with Crippen LogP contribution in [0.2, 0.25) is 5.15 Å². The van der Waals surface area contributed by atoms with E-state index in [2.05, 4.69) is 27.2 Å². The van der Waals surface area contributed by atoms with Crippen LogP contribution in [0.15, 0.2) is 24.4 Å². The number of anilines is 1. The van der Waals surface area contributed by atoms with Gasteiger partial charge in [0.05, 0.1) is 22.9 Å². The maximum absolute atomic E-state index is 5.91. The summed E-state index contributed by atoms with van der Waals surface area (Å²) in [7, 11) is 2.17. The number of piperidine rings is 1. The highest BCUT2D eigenvalue weighted by Gasteiger charge is 2.16. The van der Waals surface area contributed by atoms with Crippen LogP contribution < -0.4 is 5.32 Å². The van der Waals surface area contributed by atoms with Gasteiger partial charge in [0.15, 0.2) is 0 Å². The quantitative estimate of drug-likeness (QED) is 0.857. The zero-order valence-electron chi connectivity index (χ0n) is 10.9. The van der Waals surface area contributed by atoms with Crippen molar-refractivity contribution in [1.29, 1.82) is 0 Å². The van der Waals surface area contributed by atoms with Crippen LogP contribution in [0, 0.1) is 0 Å². The highest BCUT2D eigenvalue weighted by atomic mass is 35.5. The average molecular weight is 277 g/mol. The predicted octanol–water partition coefficient (Wildman–Crippen LogP) is 2.79. The number of hydrogen-bond acceptors (Lipinski definition) is 4. The maximum atomic E-state index is 5.91. The molecule has 1 aliphatic rings. The third-order valence-electron chi connectivity index (χ3n) is 3.59. The molecule has 5 heteroatoms. The van der Waals surface area contributed by atoms with Gasteiger partial charge in [-0.1, -0.05) is 11.6 Å². The molecule has 1 saturated heterocycles. The van der Waals surface area contributed by atoms with Crippen LogP contribution in [0.5, 0.6) is 0 Å². The zero-order chi connectivity index (χ0) is 13.2. The van der Waals surface area contributed by atoms with Crippen LogP contribution in [0.25, 0.3) is 11.0 Å². The van der Waals surface area contributed by atoms with Crippen molar-refractivity contribution < 1.29 is 0 Å². The molecule has 1 aliphatic heterocycles. The van der Waals surface area contributed by atoms with Crippen LogP contribution in [-0.2, 0) is 0 Å². The summed E-state index contributed by atoms with van der Waals surface area (Å²) < 4.78 is 0. The van der Waals surface area contributed by atoms with E-state index in [0.717, 1.165) is 42.7 Å². The van der Waals surface area contributed by atoms with Crippen LogP contribution in [0.3, 0.4) is 0 Å². The SMILES string of the molecule is CN1CCC(Nc2cnc3ccc(Cl)nc3c2)CC1. The molecule has 0 amide bonds. The normalized spacial score (nSPS) is 17.8. The molecule has 100 valence electrons. The Kier molecular flexibility index (Phi) is 3.53. The topological polar surface area (TPSA) is 41.0 Å². The van der Waals surface area contributed by atoms with Crippen molar-refractivity contribution >= 4 is 28.3 Å². The fourth-order valence-electron chi connectivity index (χ4n) is 2.45. The van der Waals surface area contributed by atoms with Crippen molar-refractivity contribution in [2.75, 3.05) is 25.5 Å². The molecule has 1 fully saturated rings. The number of nitrogens with one attached hydrogen (secondary N) is 1. The van der Waals surface area contributed by atoms with Crippen LogP contribution >= 0.6 is 11.6 Å². The lowest BCUT2D eigenvalue weighted by atomic mass is 10.1. The first-order chi connectivity index (χ1) is 9.20. The minimum atomic E-state index is 0.505. The Morgan fingerprint density at radius 1 is 1.26 bits per heavy atom. The van der Waals surface area contributed by atoms with Crippen LogP contribution in [-0.4, -0.2) is 41.0 Å². The van der Waals surface area contributed by atoms with Gasteiger partial charge < -0.3 is 10.2 Å². The van der Waals surface area contributed by atoms with Gasteiger partial charge in [0.2, 0.25) is 0 Å². The number of rotatable bonds is 2. The van der Waals surface area contributed by atoms with E-state index >= 15 is 0 Å². The average Bonchev–Trinajstić information content (AvgIpc) is 2.41. The first kappa shape index (κ1) is 12.6. The molecular formula is C14H17ClN4. The Hall–Kier alpha value is -1.39. The number of hydrogen-bond donors (Lipinski definition) is 1. The van der Waals surface area contributed by atoms with Gasteiger partial charge >= 0.3 is 0 Å². The summed E-state index contributed by atoms with van der Waals surface area (Å²) in [6.07, 6.45) is 4.20. The maximum Gasteiger partial charge on any atom is 0.129 e. The van der Waals surface area contributed by atoms with E-state index in [-0.39, 0.29) is 0 Å². The molecule has 2 aromatic heterocycles. The largest absolute Gasteiger partial charge is 0.381 e. The van der Waals surface area contributed by atoms with Gasteiger partial charge in [-0.3, -0.25) is 4.98 Å². The molecule has 19 heavy (non-hydrogen) atoms. The summed E-state index contributed by atoms with van der Waals surface area (Å²) in [5, 5.41) is 4.05. The van der Waals surface area contributed by atoms with E-state index in [1.165, 1.54) is 0 Å². The third-order valence-corrected chi connectivity index (χ3v) is 3.80. The first-order valence-electron chi connectivity index (χ1n) is 6.58. The van der Waals surface area contributed by atoms with E-state index in [1.54, 1.807) is 6.07 Å². The van der Waals surface area contributed by atoms with Gasteiger partial charge in [0, 0.05) is 6.04 Å². The molecule has 0 saturated carbocycles. The van der Waals surface area contributed by atoms with Gasteiger partial charge in [-0.15, -0.1) is 0 Å². The molecule has 1 N–H and O–H groups in total. The summed E-state index contributed by atoms with van der Waals surface area (Å²) in [4.78, 5) is 11.1. The van der Waals surface area contributed by atoms with Crippen molar-refractivity contribution in [3.8, 4) is 0 Å². The number of halogens is 1. The van der Waals surface area contributed by atoms with Gasteiger partial charge in [-0.25, -0.2) is 4.98 Å². The zero-order valence-corrected chi connectivity index (χ0v) is 11.7. The van der Waals surface area contributed by atoms with Gasteiger partial charge in [-0.05, 0) is 51.2 Å². The summed E-state index contributed by atoms with van der Waals surface area (Å²) in [5.41, 5.74) is 2.74. The molecule has 0 aliphatic carbocycles. The Morgan fingerprint density at radius 2 is 2.05 bits per heavy atom. The molecule has 0 unspecified atom stereocenters. The van der Waals surface area contributed by atoms with Gasteiger partial charge in [-0.2, -0.15) is 0 Å². The number of aromatic nitrogens is 2. The highest BCUT2D eigenvalue weighted by Crippen LogP contribution is 2.20. The minimum Gasteiger partial charge on any atom is -0.381 e. The molecule has 0 radical (unpaired) electrons. The summed E-state index contributed by atoms with van der Waals surface area (Å²) in [6, 6.07) is 6.20. The van der Waals surface area contributed by atoms with E-state index < -0.39 is 0 Å². The molecule has 4 nitrogen and oxygen atoms in total. The standard InChI is InChI=1S/C14H17ClN4/c1-19-6-4-10(5-7-19)17-11-8-13-12(16-9-11)2-3-14(15)18-13/h2-3,8-10,17H,4-7H2,1H3. The minimum absolute atomic E-state index is 0.505. The van der Waals surface area contributed by atoms with E-state index in [0.29, 0.717) is 11.2 Å². The van der Waals surface area contributed by atoms with Crippen LogP contribution in [0.1, 0.15) is 12.8 Å². The van der Waals surface area contributed by atoms with Crippen LogP contribution in [0.4, 0.5) is 5.69 Å². The summed E-state index contributed by atoms with van der Waals surface area (Å²) >= 11 is 5.91.